The average Bonchev–Trinajstić information content (AvgIpc) is 3.05. The fraction of sp³-hybridized carbons (Fsp3) is 0.412. The van der Waals surface area contributed by atoms with Crippen molar-refractivity contribution in [2.45, 2.75) is 37.8 Å². The molecular weight excluding hydrogens is 314 g/mol. The Morgan fingerprint density at radius 2 is 2.17 bits per heavy atom. The fourth-order valence-corrected chi connectivity index (χ4v) is 3.63. The summed E-state index contributed by atoms with van der Waals surface area (Å²) in [6.07, 6.45) is 4.62. The Hall–Kier alpha value is -2.28. The quantitative estimate of drug-likeness (QED) is 0.781. The van der Waals surface area contributed by atoms with Gasteiger partial charge in [0.1, 0.15) is 6.04 Å². The predicted octanol–water partition coefficient (Wildman–Crippen LogP) is 1.55. The van der Waals surface area contributed by atoms with Crippen molar-refractivity contribution in [3.05, 3.63) is 52.3 Å². The topological polar surface area (TPSA) is 69.8 Å². The third-order valence-corrected chi connectivity index (χ3v) is 4.90. The standard InChI is InChI=1S/C17H18F2N4O/c18-13-4-3-12-11(15(13)19)5-6-20-16(12)17(24)22-10-2-1-9-8-21-23-14(9)7-10/h3-4,8,10,16,20H,1-2,5-7H2,(H,21,23)(H,22,24). The summed E-state index contributed by atoms with van der Waals surface area (Å²) in [5.74, 6) is -1.91. The van der Waals surface area contributed by atoms with E-state index < -0.39 is 17.7 Å². The molecule has 0 fully saturated rings. The lowest BCUT2D eigenvalue weighted by molar-refractivity contribution is -0.124. The van der Waals surface area contributed by atoms with E-state index in [2.05, 4.69) is 20.8 Å². The molecule has 1 aromatic heterocycles. The summed E-state index contributed by atoms with van der Waals surface area (Å²) in [5, 5.41) is 13.1. The first-order valence-electron chi connectivity index (χ1n) is 8.15. The largest absolute Gasteiger partial charge is 0.351 e. The van der Waals surface area contributed by atoms with Gasteiger partial charge in [-0.05, 0) is 42.0 Å². The molecule has 126 valence electrons. The van der Waals surface area contributed by atoms with Crippen LogP contribution in [0.3, 0.4) is 0 Å². The molecule has 7 heteroatoms. The second kappa shape index (κ2) is 5.98. The number of aromatic nitrogens is 2. The van der Waals surface area contributed by atoms with Crippen molar-refractivity contribution >= 4 is 5.91 Å². The number of carbonyl (C=O) groups is 1. The van der Waals surface area contributed by atoms with Crippen molar-refractivity contribution < 1.29 is 13.6 Å². The van der Waals surface area contributed by atoms with Crippen molar-refractivity contribution in [1.82, 2.24) is 20.8 Å². The van der Waals surface area contributed by atoms with Gasteiger partial charge in [-0.2, -0.15) is 5.10 Å². The summed E-state index contributed by atoms with van der Waals surface area (Å²) in [7, 11) is 0. The number of carbonyl (C=O) groups excluding carboxylic acids is 1. The van der Waals surface area contributed by atoms with E-state index in [4.69, 9.17) is 0 Å². The number of halogens is 2. The Bertz CT molecular complexity index is 789. The van der Waals surface area contributed by atoms with Gasteiger partial charge in [0.15, 0.2) is 11.6 Å². The molecule has 2 atom stereocenters. The lowest BCUT2D eigenvalue weighted by Gasteiger charge is -2.29. The third kappa shape index (κ3) is 2.58. The number of benzene rings is 1. The maximum Gasteiger partial charge on any atom is 0.241 e. The number of amides is 1. The Kier molecular flexibility index (Phi) is 3.80. The van der Waals surface area contributed by atoms with E-state index in [-0.39, 0.29) is 11.9 Å². The van der Waals surface area contributed by atoms with Crippen LogP contribution >= 0.6 is 0 Å². The number of aromatic amines is 1. The van der Waals surface area contributed by atoms with Gasteiger partial charge in [-0.15, -0.1) is 0 Å². The van der Waals surface area contributed by atoms with Crippen LogP contribution < -0.4 is 10.6 Å². The third-order valence-electron chi connectivity index (χ3n) is 4.90. The molecule has 1 aliphatic heterocycles. The number of H-pyrrole nitrogens is 1. The SMILES string of the molecule is O=C(NC1CCc2cn[nH]c2C1)C1NCCc2c1ccc(F)c2F. The Morgan fingerprint density at radius 1 is 1.29 bits per heavy atom. The van der Waals surface area contributed by atoms with Crippen molar-refractivity contribution in [3.8, 4) is 0 Å². The molecule has 1 aliphatic carbocycles. The van der Waals surface area contributed by atoms with E-state index in [0.29, 0.717) is 30.5 Å². The van der Waals surface area contributed by atoms with Crippen LogP contribution in [0.2, 0.25) is 0 Å². The molecule has 4 rings (SSSR count). The normalized spacial score (nSPS) is 22.6. The first kappa shape index (κ1) is 15.3. The molecule has 0 radical (unpaired) electrons. The molecule has 3 N–H and O–H groups in total. The molecule has 0 saturated heterocycles. The van der Waals surface area contributed by atoms with Crippen LogP contribution in [0.5, 0.6) is 0 Å². The van der Waals surface area contributed by atoms with E-state index in [9.17, 15) is 13.6 Å². The highest BCUT2D eigenvalue weighted by molar-refractivity contribution is 5.84. The second-order valence-corrected chi connectivity index (χ2v) is 6.39. The summed E-state index contributed by atoms with van der Waals surface area (Å²) < 4.78 is 27.4. The first-order chi connectivity index (χ1) is 11.6. The van der Waals surface area contributed by atoms with E-state index in [0.717, 1.165) is 24.6 Å². The second-order valence-electron chi connectivity index (χ2n) is 6.39. The van der Waals surface area contributed by atoms with E-state index >= 15 is 0 Å². The molecular formula is C17H18F2N4O. The molecule has 2 aliphatic rings. The number of hydrogen-bond donors (Lipinski definition) is 3. The highest BCUT2D eigenvalue weighted by Crippen LogP contribution is 2.27. The first-order valence-corrected chi connectivity index (χ1v) is 8.15. The van der Waals surface area contributed by atoms with Crippen LogP contribution in [-0.4, -0.2) is 28.7 Å². The van der Waals surface area contributed by atoms with Crippen molar-refractivity contribution in [1.29, 1.82) is 0 Å². The minimum atomic E-state index is -0.867. The van der Waals surface area contributed by atoms with E-state index in [1.165, 1.54) is 11.6 Å². The predicted molar refractivity (Wildman–Crippen MR) is 83.3 cm³/mol. The summed E-state index contributed by atoms with van der Waals surface area (Å²) in [5.41, 5.74) is 3.07. The zero-order valence-electron chi connectivity index (χ0n) is 13.0. The zero-order valence-corrected chi connectivity index (χ0v) is 13.0. The molecule has 0 spiro atoms. The summed E-state index contributed by atoms with van der Waals surface area (Å²) in [6, 6.07) is 1.95. The van der Waals surface area contributed by atoms with Crippen LogP contribution in [0, 0.1) is 11.6 Å². The van der Waals surface area contributed by atoms with Crippen LogP contribution in [0.4, 0.5) is 8.78 Å². The number of nitrogens with one attached hydrogen (secondary N) is 3. The molecule has 1 amide bonds. The van der Waals surface area contributed by atoms with Gasteiger partial charge in [-0.25, -0.2) is 8.78 Å². The van der Waals surface area contributed by atoms with Gasteiger partial charge in [-0.3, -0.25) is 9.89 Å². The van der Waals surface area contributed by atoms with Crippen LogP contribution in [-0.2, 0) is 24.1 Å². The Labute approximate surface area is 137 Å². The van der Waals surface area contributed by atoms with Crippen LogP contribution in [0.25, 0.3) is 0 Å². The van der Waals surface area contributed by atoms with Gasteiger partial charge < -0.3 is 10.6 Å². The average molecular weight is 332 g/mol. The van der Waals surface area contributed by atoms with Gasteiger partial charge in [-0.1, -0.05) is 6.07 Å². The van der Waals surface area contributed by atoms with Crippen LogP contribution in [0.1, 0.15) is 34.8 Å². The highest BCUT2D eigenvalue weighted by Gasteiger charge is 2.31. The number of hydrogen-bond acceptors (Lipinski definition) is 3. The van der Waals surface area contributed by atoms with Gasteiger partial charge >= 0.3 is 0 Å². The number of fused-ring (bicyclic) bond motifs is 2. The molecule has 5 nitrogen and oxygen atoms in total. The van der Waals surface area contributed by atoms with Crippen molar-refractivity contribution in [2.24, 2.45) is 0 Å². The number of rotatable bonds is 2. The van der Waals surface area contributed by atoms with Crippen LogP contribution in [0.15, 0.2) is 18.3 Å². The molecule has 0 bridgehead atoms. The molecule has 1 aromatic carbocycles. The Morgan fingerprint density at radius 3 is 3.04 bits per heavy atom. The van der Waals surface area contributed by atoms with Gasteiger partial charge in [0, 0.05) is 24.7 Å². The minimum Gasteiger partial charge on any atom is -0.351 e. The lowest BCUT2D eigenvalue weighted by atomic mass is 9.91. The molecule has 2 unspecified atom stereocenters. The zero-order chi connectivity index (χ0) is 16.7. The monoisotopic (exact) mass is 332 g/mol. The summed E-state index contributed by atoms with van der Waals surface area (Å²) >= 11 is 0. The van der Waals surface area contributed by atoms with Crippen molar-refractivity contribution in [3.63, 3.8) is 0 Å². The molecule has 2 aromatic rings. The van der Waals surface area contributed by atoms with E-state index in [1.807, 2.05) is 6.20 Å². The maximum absolute atomic E-state index is 14.0. The number of aryl methyl sites for hydroxylation is 1. The molecule has 24 heavy (non-hydrogen) atoms. The van der Waals surface area contributed by atoms with E-state index in [1.54, 1.807) is 0 Å². The molecule has 0 saturated carbocycles. The summed E-state index contributed by atoms with van der Waals surface area (Å²) in [6.45, 7) is 0.445. The van der Waals surface area contributed by atoms with Gasteiger partial charge in [0.05, 0.1) is 6.20 Å². The summed E-state index contributed by atoms with van der Waals surface area (Å²) in [4.78, 5) is 12.7. The Balaban J connectivity index is 1.51. The molecule has 2 heterocycles. The minimum absolute atomic E-state index is 0.0166. The van der Waals surface area contributed by atoms with Crippen molar-refractivity contribution in [2.75, 3.05) is 6.54 Å². The number of nitrogens with zero attached hydrogens (tertiary/aromatic N) is 1. The van der Waals surface area contributed by atoms with Gasteiger partial charge in [0.25, 0.3) is 0 Å². The highest BCUT2D eigenvalue weighted by atomic mass is 19.2. The fourth-order valence-electron chi connectivity index (χ4n) is 3.63. The smallest absolute Gasteiger partial charge is 0.241 e. The van der Waals surface area contributed by atoms with Gasteiger partial charge in [0.2, 0.25) is 5.91 Å². The lowest BCUT2D eigenvalue weighted by Crippen LogP contribution is -2.47. The maximum atomic E-state index is 14.0.